The average molecular weight is 283 g/mol. The summed E-state index contributed by atoms with van der Waals surface area (Å²) in [5, 5.41) is 9.07. The zero-order valence-corrected chi connectivity index (χ0v) is 10.6. The molecule has 0 saturated carbocycles. The lowest BCUT2D eigenvalue weighted by Crippen LogP contribution is -2.14. The molecule has 0 bridgehead atoms. The number of aromatic nitrogens is 1. The zero-order chi connectivity index (χ0) is 14.9. The highest BCUT2D eigenvalue weighted by atomic mass is 19.4. The van der Waals surface area contributed by atoms with Crippen molar-refractivity contribution in [1.29, 1.82) is 0 Å². The van der Waals surface area contributed by atoms with E-state index in [0.717, 1.165) is 12.1 Å². The lowest BCUT2D eigenvalue weighted by atomic mass is 10.1. The summed E-state index contributed by atoms with van der Waals surface area (Å²) >= 11 is 0. The van der Waals surface area contributed by atoms with Crippen LogP contribution in [0.3, 0.4) is 0 Å². The van der Waals surface area contributed by atoms with E-state index < -0.39 is 18.3 Å². The first-order valence-corrected chi connectivity index (χ1v) is 5.83. The molecular formula is C14H12F3NO2. The van der Waals surface area contributed by atoms with E-state index in [0.29, 0.717) is 5.69 Å². The monoisotopic (exact) mass is 283 g/mol. The van der Waals surface area contributed by atoms with Crippen molar-refractivity contribution < 1.29 is 18.3 Å². The highest BCUT2D eigenvalue weighted by Gasteiger charge is 2.30. The Morgan fingerprint density at radius 2 is 1.95 bits per heavy atom. The number of benzene rings is 1. The third kappa shape index (κ3) is 2.75. The second kappa shape index (κ2) is 5.13. The van der Waals surface area contributed by atoms with Crippen LogP contribution in [-0.4, -0.2) is 9.67 Å². The summed E-state index contributed by atoms with van der Waals surface area (Å²) in [5.74, 6) is 0. The van der Waals surface area contributed by atoms with Crippen LogP contribution >= 0.6 is 0 Å². The maximum absolute atomic E-state index is 12.7. The lowest BCUT2D eigenvalue weighted by Gasteiger charge is -2.14. The molecule has 0 fully saturated rings. The highest BCUT2D eigenvalue weighted by Crippen LogP contribution is 2.30. The molecule has 0 aliphatic carbocycles. The zero-order valence-electron chi connectivity index (χ0n) is 10.6. The largest absolute Gasteiger partial charge is 0.416 e. The maximum atomic E-state index is 12.7. The summed E-state index contributed by atoms with van der Waals surface area (Å²) in [6.07, 6.45) is -3.07. The molecule has 0 atom stereocenters. The molecule has 0 radical (unpaired) electrons. The minimum absolute atomic E-state index is 0.132. The van der Waals surface area contributed by atoms with Gasteiger partial charge >= 0.3 is 6.18 Å². The minimum Gasteiger partial charge on any atom is -0.391 e. The summed E-state index contributed by atoms with van der Waals surface area (Å²) in [4.78, 5) is 11.5. The van der Waals surface area contributed by atoms with Gasteiger partial charge in [0.05, 0.1) is 12.2 Å². The van der Waals surface area contributed by atoms with Crippen molar-refractivity contribution in [3.63, 3.8) is 0 Å². The number of halogens is 3. The molecule has 1 heterocycles. The Kier molecular flexibility index (Phi) is 3.67. The van der Waals surface area contributed by atoms with E-state index in [2.05, 4.69) is 0 Å². The van der Waals surface area contributed by atoms with E-state index in [1.54, 1.807) is 6.92 Å². The SMILES string of the molecule is Cc1cc(=O)c(CO)cn1-c1cccc(C(F)(F)F)c1. The Morgan fingerprint density at radius 1 is 1.25 bits per heavy atom. The van der Waals surface area contributed by atoms with Crippen LogP contribution in [0.15, 0.2) is 41.3 Å². The van der Waals surface area contributed by atoms with E-state index in [1.807, 2.05) is 0 Å². The van der Waals surface area contributed by atoms with Gasteiger partial charge in [0.2, 0.25) is 0 Å². The van der Waals surface area contributed by atoms with Crippen molar-refractivity contribution in [2.45, 2.75) is 19.7 Å². The number of nitrogens with zero attached hydrogens (tertiary/aromatic N) is 1. The molecule has 0 spiro atoms. The molecule has 2 aromatic rings. The third-order valence-corrected chi connectivity index (χ3v) is 2.94. The molecule has 1 aromatic heterocycles. The van der Waals surface area contributed by atoms with Crippen LogP contribution in [0.1, 0.15) is 16.8 Å². The number of alkyl halides is 3. The van der Waals surface area contributed by atoms with Gasteiger partial charge < -0.3 is 9.67 Å². The fourth-order valence-corrected chi connectivity index (χ4v) is 1.90. The molecule has 3 nitrogen and oxygen atoms in total. The lowest BCUT2D eigenvalue weighted by molar-refractivity contribution is -0.137. The summed E-state index contributed by atoms with van der Waals surface area (Å²) in [6.45, 7) is 1.15. The second-order valence-electron chi connectivity index (χ2n) is 4.38. The number of hydrogen-bond donors (Lipinski definition) is 1. The molecule has 2 rings (SSSR count). The van der Waals surface area contributed by atoms with Crippen molar-refractivity contribution in [1.82, 2.24) is 4.57 Å². The van der Waals surface area contributed by atoms with Crippen LogP contribution in [0.5, 0.6) is 0 Å². The fraction of sp³-hybridized carbons (Fsp3) is 0.214. The van der Waals surface area contributed by atoms with Crippen LogP contribution in [0.2, 0.25) is 0 Å². The van der Waals surface area contributed by atoms with Gasteiger partial charge in [0.25, 0.3) is 0 Å². The Morgan fingerprint density at radius 3 is 2.55 bits per heavy atom. The number of pyridine rings is 1. The van der Waals surface area contributed by atoms with Crippen LogP contribution in [0.4, 0.5) is 13.2 Å². The van der Waals surface area contributed by atoms with E-state index in [9.17, 15) is 18.0 Å². The molecule has 1 aromatic carbocycles. The Bertz CT molecular complexity index is 690. The number of aliphatic hydroxyl groups is 1. The molecule has 0 aliphatic rings. The van der Waals surface area contributed by atoms with Gasteiger partial charge in [-0.1, -0.05) is 6.07 Å². The summed E-state index contributed by atoms with van der Waals surface area (Å²) < 4.78 is 39.5. The molecule has 6 heteroatoms. The molecule has 20 heavy (non-hydrogen) atoms. The van der Waals surface area contributed by atoms with Gasteiger partial charge in [0.1, 0.15) is 0 Å². The van der Waals surface area contributed by atoms with Crippen molar-refractivity contribution in [2.75, 3.05) is 0 Å². The molecule has 106 valence electrons. The molecule has 0 aliphatic heterocycles. The van der Waals surface area contributed by atoms with Crippen molar-refractivity contribution in [2.24, 2.45) is 0 Å². The Labute approximate surface area is 112 Å². The predicted octanol–water partition coefficient (Wildman–Crippen LogP) is 2.66. The Hall–Kier alpha value is -2.08. The van der Waals surface area contributed by atoms with Gasteiger partial charge in [-0.15, -0.1) is 0 Å². The predicted molar refractivity (Wildman–Crippen MR) is 67.7 cm³/mol. The van der Waals surface area contributed by atoms with Gasteiger partial charge in [0, 0.05) is 29.2 Å². The van der Waals surface area contributed by atoms with Crippen LogP contribution < -0.4 is 5.43 Å². The first-order valence-electron chi connectivity index (χ1n) is 5.83. The smallest absolute Gasteiger partial charge is 0.391 e. The second-order valence-corrected chi connectivity index (χ2v) is 4.38. The molecule has 0 amide bonds. The normalized spacial score (nSPS) is 11.7. The quantitative estimate of drug-likeness (QED) is 0.920. The minimum atomic E-state index is -4.43. The summed E-state index contributed by atoms with van der Waals surface area (Å²) in [6, 6.07) is 6.07. The van der Waals surface area contributed by atoms with Gasteiger partial charge in [0.15, 0.2) is 5.43 Å². The van der Waals surface area contributed by atoms with Gasteiger partial charge in [-0.2, -0.15) is 13.2 Å². The Balaban J connectivity index is 2.60. The highest BCUT2D eigenvalue weighted by molar-refractivity contribution is 5.39. The van der Waals surface area contributed by atoms with Gasteiger partial charge in [-0.25, -0.2) is 0 Å². The van der Waals surface area contributed by atoms with E-state index >= 15 is 0 Å². The summed E-state index contributed by atoms with van der Waals surface area (Å²) in [5.41, 5.74) is -0.196. The van der Waals surface area contributed by atoms with Gasteiger partial charge in [-0.05, 0) is 25.1 Å². The van der Waals surface area contributed by atoms with Crippen molar-refractivity contribution in [3.8, 4) is 5.69 Å². The number of hydrogen-bond acceptors (Lipinski definition) is 2. The standard InChI is InChI=1S/C14H12F3NO2/c1-9-5-13(20)10(8-19)7-18(9)12-4-2-3-11(6-12)14(15,16)17/h2-7,19H,8H2,1H3. The van der Waals surface area contributed by atoms with E-state index in [-0.39, 0.29) is 16.7 Å². The average Bonchev–Trinajstić information content (AvgIpc) is 2.38. The first-order chi connectivity index (χ1) is 9.32. The summed E-state index contributed by atoms with van der Waals surface area (Å²) in [7, 11) is 0. The molecule has 0 saturated heterocycles. The van der Waals surface area contributed by atoms with Crippen molar-refractivity contribution >= 4 is 0 Å². The van der Waals surface area contributed by atoms with Crippen LogP contribution in [-0.2, 0) is 12.8 Å². The van der Waals surface area contributed by atoms with Crippen molar-refractivity contribution in [3.05, 3.63) is 63.6 Å². The molecular weight excluding hydrogens is 271 g/mol. The van der Waals surface area contributed by atoms with Crippen LogP contribution in [0, 0.1) is 6.92 Å². The number of aliphatic hydroxyl groups excluding tert-OH is 1. The van der Waals surface area contributed by atoms with E-state index in [4.69, 9.17) is 5.11 Å². The maximum Gasteiger partial charge on any atom is 0.416 e. The topological polar surface area (TPSA) is 42.2 Å². The third-order valence-electron chi connectivity index (χ3n) is 2.94. The first kappa shape index (κ1) is 14.3. The van der Waals surface area contributed by atoms with Crippen LogP contribution in [0.25, 0.3) is 5.69 Å². The molecule has 1 N–H and O–H groups in total. The van der Waals surface area contributed by atoms with Gasteiger partial charge in [-0.3, -0.25) is 4.79 Å². The number of aryl methyl sites for hydroxylation is 1. The number of rotatable bonds is 2. The molecule has 0 unspecified atom stereocenters. The fourth-order valence-electron chi connectivity index (χ4n) is 1.90. The van der Waals surface area contributed by atoms with E-state index in [1.165, 1.54) is 29.0 Å².